The summed E-state index contributed by atoms with van der Waals surface area (Å²) in [6.07, 6.45) is 6.10. The van der Waals surface area contributed by atoms with Crippen molar-refractivity contribution in [2.24, 2.45) is 5.41 Å². The maximum atomic E-state index is 13.3. The summed E-state index contributed by atoms with van der Waals surface area (Å²) in [6, 6.07) is 11.0. The van der Waals surface area contributed by atoms with Crippen LogP contribution in [0.5, 0.6) is 5.75 Å². The Morgan fingerprint density at radius 2 is 1.85 bits per heavy atom. The molecule has 2 aromatic carbocycles. The Morgan fingerprint density at radius 3 is 2.51 bits per heavy atom. The SMILES string of the molecule is COc1ccc2c(c1)C1CC1(C(=O)O)Cn1c-2c(C2CCCCC2)c2ccc(C(=O)NS(=O)(=O)N(C)C(C)C)cc21. The van der Waals surface area contributed by atoms with Crippen LogP contribution in [0.4, 0.5) is 0 Å². The summed E-state index contributed by atoms with van der Waals surface area (Å²) in [4.78, 5) is 26.0. The molecule has 0 saturated heterocycles. The van der Waals surface area contributed by atoms with Crippen LogP contribution in [-0.4, -0.2) is 54.5 Å². The zero-order chi connectivity index (χ0) is 29.3. The molecule has 2 aliphatic carbocycles. The zero-order valence-electron chi connectivity index (χ0n) is 23.9. The highest BCUT2D eigenvalue weighted by Gasteiger charge is 2.63. The highest BCUT2D eigenvalue weighted by molar-refractivity contribution is 7.87. The molecule has 0 bridgehead atoms. The number of ether oxygens (including phenoxy) is 1. The predicted molar refractivity (Wildman–Crippen MR) is 156 cm³/mol. The molecule has 6 rings (SSSR count). The highest BCUT2D eigenvalue weighted by Crippen LogP contribution is 2.65. The molecule has 0 spiro atoms. The fraction of sp³-hybridized carbons (Fsp3) is 0.484. The van der Waals surface area contributed by atoms with E-state index in [0.29, 0.717) is 18.1 Å². The van der Waals surface area contributed by atoms with Crippen LogP contribution in [0.1, 0.15) is 85.7 Å². The fourth-order valence-electron chi connectivity index (χ4n) is 6.95. The van der Waals surface area contributed by atoms with E-state index in [1.54, 1.807) is 33.1 Å². The molecule has 1 aromatic heterocycles. The number of carboxylic acid groups (broad SMARTS) is 1. The molecular formula is C31H37N3O6S. The van der Waals surface area contributed by atoms with Gasteiger partial charge in [0, 0.05) is 47.6 Å². The van der Waals surface area contributed by atoms with E-state index < -0.39 is 27.5 Å². The topological polar surface area (TPSA) is 118 Å². The maximum absolute atomic E-state index is 13.3. The second-order valence-corrected chi connectivity index (χ2v) is 13.9. The first-order valence-electron chi connectivity index (χ1n) is 14.4. The number of rotatable bonds is 7. The molecule has 1 amide bonds. The standard InChI is InChI=1S/C31H37N3O6S/c1-18(2)33(3)41(38,39)32-29(35)20-10-12-23-26(14-20)34-17-31(30(36)37)16-25(31)24-15-21(40-4)11-13-22(24)28(34)27(23)19-8-6-5-7-9-19/h10-15,18-19,25H,5-9,16-17H2,1-4H3,(H,32,35)(H,36,37). The van der Waals surface area contributed by atoms with Crippen molar-refractivity contribution < 1.29 is 27.9 Å². The van der Waals surface area contributed by atoms with E-state index in [1.807, 2.05) is 24.3 Å². The van der Waals surface area contributed by atoms with E-state index in [-0.39, 0.29) is 24.1 Å². The molecule has 3 aromatic rings. The number of nitrogens with one attached hydrogen (secondary N) is 1. The number of nitrogens with zero attached hydrogens (tertiary/aromatic N) is 2. The molecule has 2 heterocycles. The lowest BCUT2D eigenvalue weighted by Gasteiger charge is -2.24. The lowest BCUT2D eigenvalue weighted by molar-refractivity contribution is -0.144. The smallest absolute Gasteiger partial charge is 0.312 e. The van der Waals surface area contributed by atoms with Crippen LogP contribution >= 0.6 is 0 Å². The Labute approximate surface area is 240 Å². The van der Waals surface area contributed by atoms with Gasteiger partial charge in [-0.3, -0.25) is 9.59 Å². The first-order valence-corrected chi connectivity index (χ1v) is 15.8. The molecule has 41 heavy (non-hydrogen) atoms. The lowest BCUT2D eigenvalue weighted by atomic mass is 9.81. The average Bonchev–Trinajstić information content (AvgIpc) is 3.63. The number of carbonyl (C=O) groups is 2. The van der Waals surface area contributed by atoms with Crippen LogP contribution in [0.3, 0.4) is 0 Å². The van der Waals surface area contributed by atoms with Crippen LogP contribution in [-0.2, 0) is 21.5 Å². The molecule has 2 unspecified atom stereocenters. The van der Waals surface area contributed by atoms with Crippen LogP contribution in [0, 0.1) is 5.41 Å². The van der Waals surface area contributed by atoms with Crippen molar-refractivity contribution in [3.8, 4) is 17.0 Å². The van der Waals surface area contributed by atoms with Crippen molar-refractivity contribution in [2.45, 2.75) is 76.8 Å². The number of methoxy groups -OCH3 is 1. The van der Waals surface area contributed by atoms with Crippen molar-refractivity contribution in [1.82, 2.24) is 13.6 Å². The molecule has 3 aliphatic rings. The average molecular weight is 580 g/mol. The number of benzene rings is 2. The Kier molecular flexibility index (Phi) is 6.69. The monoisotopic (exact) mass is 579 g/mol. The van der Waals surface area contributed by atoms with Gasteiger partial charge >= 0.3 is 16.2 Å². The van der Waals surface area contributed by atoms with E-state index in [1.165, 1.54) is 19.0 Å². The first-order chi connectivity index (χ1) is 19.5. The van der Waals surface area contributed by atoms with Crippen LogP contribution in [0.15, 0.2) is 36.4 Å². The minimum absolute atomic E-state index is 0.137. The van der Waals surface area contributed by atoms with Crippen molar-refractivity contribution in [3.05, 3.63) is 53.1 Å². The quantitative estimate of drug-likeness (QED) is 0.395. The van der Waals surface area contributed by atoms with Crippen LogP contribution in [0.25, 0.3) is 22.2 Å². The summed E-state index contributed by atoms with van der Waals surface area (Å²) >= 11 is 0. The number of carboxylic acids is 1. The van der Waals surface area contributed by atoms with Crippen LogP contribution in [0.2, 0.25) is 0 Å². The van der Waals surface area contributed by atoms with Crippen molar-refractivity contribution in [1.29, 1.82) is 0 Å². The molecule has 2 atom stereocenters. The van der Waals surface area contributed by atoms with Gasteiger partial charge in [-0.2, -0.15) is 12.7 Å². The molecule has 2 N–H and O–H groups in total. The lowest BCUT2D eigenvalue weighted by Crippen LogP contribution is -2.44. The van der Waals surface area contributed by atoms with Gasteiger partial charge in [0.15, 0.2) is 0 Å². The minimum atomic E-state index is -4.03. The maximum Gasteiger partial charge on any atom is 0.312 e. The minimum Gasteiger partial charge on any atom is -0.497 e. The van der Waals surface area contributed by atoms with Gasteiger partial charge in [-0.1, -0.05) is 25.3 Å². The second kappa shape index (κ2) is 9.87. The first kappa shape index (κ1) is 27.8. The molecule has 10 heteroatoms. The van der Waals surface area contributed by atoms with Gasteiger partial charge in [-0.25, -0.2) is 4.72 Å². The molecule has 1 aliphatic heterocycles. The summed E-state index contributed by atoms with van der Waals surface area (Å²) in [5.74, 6) is -0.674. The molecular weight excluding hydrogens is 542 g/mol. The van der Waals surface area contributed by atoms with Gasteiger partial charge < -0.3 is 14.4 Å². The van der Waals surface area contributed by atoms with Gasteiger partial charge in [0.1, 0.15) is 5.75 Å². The summed E-state index contributed by atoms with van der Waals surface area (Å²) in [7, 11) is -0.983. The molecule has 0 radical (unpaired) electrons. The second-order valence-electron chi connectivity index (χ2n) is 12.1. The highest BCUT2D eigenvalue weighted by atomic mass is 32.2. The zero-order valence-corrected chi connectivity index (χ0v) is 24.8. The Balaban J connectivity index is 1.56. The van der Waals surface area contributed by atoms with Crippen molar-refractivity contribution in [3.63, 3.8) is 0 Å². The summed E-state index contributed by atoms with van der Waals surface area (Å²) < 4.78 is 36.5. The number of hydrogen-bond acceptors (Lipinski definition) is 5. The van der Waals surface area contributed by atoms with E-state index in [4.69, 9.17) is 4.74 Å². The number of hydrogen-bond donors (Lipinski definition) is 2. The van der Waals surface area contributed by atoms with Crippen LogP contribution < -0.4 is 9.46 Å². The third-order valence-electron chi connectivity index (χ3n) is 9.54. The number of fused-ring (bicyclic) bond motifs is 7. The number of amides is 1. The van der Waals surface area contributed by atoms with E-state index in [0.717, 1.165) is 57.7 Å². The largest absolute Gasteiger partial charge is 0.497 e. The predicted octanol–water partition coefficient (Wildman–Crippen LogP) is 5.25. The molecule has 218 valence electrons. The summed E-state index contributed by atoms with van der Waals surface area (Å²) in [6.45, 7) is 3.74. The Morgan fingerprint density at radius 1 is 1.12 bits per heavy atom. The molecule has 2 saturated carbocycles. The van der Waals surface area contributed by atoms with Gasteiger partial charge in [0.25, 0.3) is 5.91 Å². The van der Waals surface area contributed by atoms with Gasteiger partial charge in [-0.15, -0.1) is 0 Å². The Bertz CT molecular complexity index is 1670. The normalized spacial score (nSPS) is 22.1. The number of carbonyl (C=O) groups excluding carboxylic acids is 1. The Hall–Kier alpha value is -3.37. The molecule has 9 nitrogen and oxygen atoms in total. The summed E-state index contributed by atoms with van der Waals surface area (Å²) in [5.41, 5.74) is 4.24. The fourth-order valence-corrected chi connectivity index (χ4v) is 8.00. The summed E-state index contributed by atoms with van der Waals surface area (Å²) in [5, 5.41) is 11.4. The van der Waals surface area contributed by atoms with Crippen molar-refractivity contribution >= 4 is 33.0 Å². The van der Waals surface area contributed by atoms with E-state index >= 15 is 0 Å². The third kappa shape index (κ3) is 4.43. The van der Waals surface area contributed by atoms with E-state index in [9.17, 15) is 23.1 Å². The van der Waals surface area contributed by atoms with Gasteiger partial charge in [0.2, 0.25) is 0 Å². The van der Waals surface area contributed by atoms with Gasteiger partial charge in [0.05, 0.1) is 18.2 Å². The van der Waals surface area contributed by atoms with Gasteiger partial charge in [-0.05, 0) is 80.5 Å². The molecule has 2 fully saturated rings. The van der Waals surface area contributed by atoms with Crippen molar-refractivity contribution in [2.75, 3.05) is 14.2 Å². The number of aliphatic carboxylic acids is 1. The third-order valence-corrected chi connectivity index (χ3v) is 11.2. The number of aromatic nitrogens is 1. The van der Waals surface area contributed by atoms with E-state index in [2.05, 4.69) is 9.29 Å².